The van der Waals surface area contributed by atoms with E-state index in [2.05, 4.69) is 5.16 Å². The standard InChI is InChI=1S/C16H14ClF3N2O3S/c1-10-5-3-4-6-15(10)25-21-11(2)13-9-12(17)7-8-14(13)22-26(23,24)16(18,19)20/h3-9,22H,1-2H3. The monoisotopic (exact) mass is 406 g/mol. The van der Waals surface area contributed by atoms with Crippen LogP contribution in [0.25, 0.3) is 0 Å². The molecule has 1 N–H and O–H groups in total. The Hall–Kier alpha value is -2.26. The minimum absolute atomic E-state index is 0.0545. The number of benzene rings is 2. The van der Waals surface area contributed by atoms with Crippen molar-refractivity contribution in [1.82, 2.24) is 0 Å². The van der Waals surface area contributed by atoms with Crippen LogP contribution in [0.1, 0.15) is 18.1 Å². The summed E-state index contributed by atoms with van der Waals surface area (Å²) in [5.74, 6) is 0.450. The molecule has 0 heterocycles. The van der Waals surface area contributed by atoms with E-state index < -0.39 is 15.5 Å². The van der Waals surface area contributed by atoms with E-state index >= 15 is 0 Å². The van der Waals surface area contributed by atoms with Crippen molar-refractivity contribution in [2.45, 2.75) is 19.4 Å². The van der Waals surface area contributed by atoms with Gasteiger partial charge in [-0.25, -0.2) is 0 Å². The zero-order chi connectivity index (χ0) is 19.5. The molecule has 5 nitrogen and oxygen atoms in total. The van der Waals surface area contributed by atoms with E-state index in [1.165, 1.54) is 23.8 Å². The molecule has 26 heavy (non-hydrogen) atoms. The van der Waals surface area contributed by atoms with Gasteiger partial charge in [-0.05, 0) is 43.7 Å². The maximum Gasteiger partial charge on any atom is 0.516 e. The van der Waals surface area contributed by atoms with E-state index in [-0.39, 0.29) is 22.0 Å². The fourth-order valence-corrected chi connectivity index (χ4v) is 2.69. The van der Waals surface area contributed by atoms with Gasteiger partial charge in [0, 0.05) is 10.6 Å². The average molecular weight is 407 g/mol. The first kappa shape index (κ1) is 20.1. The molecule has 0 atom stereocenters. The summed E-state index contributed by atoms with van der Waals surface area (Å²) in [4.78, 5) is 5.29. The predicted molar refractivity (Wildman–Crippen MR) is 94.1 cm³/mol. The highest BCUT2D eigenvalue weighted by molar-refractivity contribution is 7.93. The molecule has 0 bridgehead atoms. The van der Waals surface area contributed by atoms with Crippen molar-refractivity contribution in [2.75, 3.05) is 4.72 Å². The molecule has 0 unspecified atom stereocenters. The molecule has 2 aromatic carbocycles. The van der Waals surface area contributed by atoms with Crippen LogP contribution in [0.4, 0.5) is 18.9 Å². The zero-order valence-electron chi connectivity index (χ0n) is 13.6. The topological polar surface area (TPSA) is 67.8 Å². The minimum atomic E-state index is -5.58. The lowest BCUT2D eigenvalue weighted by molar-refractivity contribution is -0.0429. The smallest absolute Gasteiger partial charge is 0.356 e. The van der Waals surface area contributed by atoms with Crippen molar-refractivity contribution in [2.24, 2.45) is 5.16 Å². The van der Waals surface area contributed by atoms with Crippen molar-refractivity contribution in [1.29, 1.82) is 0 Å². The van der Waals surface area contributed by atoms with Crippen molar-refractivity contribution in [3.05, 3.63) is 58.6 Å². The second-order valence-electron chi connectivity index (χ2n) is 5.27. The fraction of sp³-hybridized carbons (Fsp3) is 0.188. The maximum absolute atomic E-state index is 12.6. The van der Waals surface area contributed by atoms with E-state index in [4.69, 9.17) is 16.4 Å². The number of anilines is 1. The first-order valence-electron chi connectivity index (χ1n) is 7.17. The van der Waals surface area contributed by atoms with Gasteiger partial charge in [0.2, 0.25) is 0 Å². The molecule has 140 valence electrons. The number of oxime groups is 1. The Morgan fingerprint density at radius 1 is 1.19 bits per heavy atom. The summed E-state index contributed by atoms with van der Waals surface area (Å²) in [7, 11) is -5.58. The summed E-state index contributed by atoms with van der Waals surface area (Å²) in [6, 6.07) is 10.7. The third kappa shape index (κ3) is 4.67. The van der Waals surface area contributed by atoms with Gasteiger partial charge in [0.1, 0.15) is 0 Å². The second-order valence-corrected chi connectivity index (χ2v) is 7.38. The molecule has 10 heteroatoms. The summed E-state index contributed by atoms with van der Waals surface area (Å²) >= 11 is 5.87. The molecule has 0 aliphatic rings. The van der Waals surface area contributed by atoms with Crippen LogP contribution in [0.2, 0.25) is 5.02 Å². The van der Waals surface area contributed by atoms with Crippen LogP contribution in [0.5, 0.6) is 5.75 Å². The largest absolute Gasteiger partial charge is 0.516 e. The number of nitrogens with zero attached hydrogens (tertiary/aromatic N) is 1. The Morgan fingerprint density at radius 2 is 1.85 bits per heavy atom. The fourth-order valence-electron chi connectivity index (χ4n) is 1.93. The molecule has 0 spiro atoms. The molecule has 2 aromatic rings. The minimum Gasteiger partial charge on any atom is -0.356 e. The van der Waals surface area contributed by atoms with Crippen LogP contribution in [-0.4, -0.2) is 19.6 Å². The van der Waals surface area contributed by atoms with Gasteiger partial charge in [-0.1, -0.05) is 35.0 Å². The van der Waals surface area contributed by atoms with Crippen LogP contribution < -0.4 is 9.56 Å². The quantitative estimate of drug-likeness (QED) is 0.577. The van der Waals surface area contributed by atoms with E-state index in [1.54, 1.807) is 31.2 Å². The van der Waals surface area contributed by atoms with Crippen molar-refractivity contribution < 1.29 is 26.4 Å². The van der Waals surface area contributed by atoms with Crippen LogP contribution in [-0.2, 0) is 10.0 Å². The molecular formula is C16H14ClF3N2O3S. The second kappa shape index (κ2) is 7.55. The molecule has 0 amide bonds. The molecule has 2 rings (SSSR count). The van der Waals surface area contributed by atoms with Gasteiger partial charge in [-0.2, -0.15) is 21.6 Å². The lowest BCUT2D eigenvalue weighted by atomic mass is 10.1. The van der Waals surface area contributed by atoms with E-state index in [1.807, 2.05) is 0 Å². The number of para-hydroxylation sites is 1. The molecule has 0 fully saturated rings. The van der Waals surface area contributed by atoms with E-state index in [0.29, 0.717) is 5.75 Å². The number of hydrogen-bond donors (Lipinski definition) is 1. The summed E-state index contributed by atoms with van der Waals surface area (Å²) in [6.07, 6.45) is 0. The Morgan fingerprint density at radius 3 is 2.46 bits per heavy atom. The van der Waals surface area contributed by atoms with Crippen molar-refractivity contribution in [3.8, 4) is 5.75 Å². The van der Waals surface area contributed by atoms with Crippen LogP contribution in [0.3, 0.4) is 0 Å². The number of hydrogen-bond acceptors (Lipinski definition) is 4. The third-order valence-corrected chi connectivity index (χ3v) is 4.63. The highest BCUT2D eigenvalue weighted by Gasteiger charge is 2.46. The molecule has 0 aliphatic carbocycles. The Balaban J connectivity index is 2.38. The number of nitrogens with one attached hydrogen (secondary N) is 1. The Labute approximate surface area is 153 Å². The van der Waals surface area contributed by atoms with Crippen LogP contribution in [0, 0.1) is 6.92 Å². The average Bonchev–Trinajstić information content (AvgIpc) is 2.54. The maximum atomic E-state index is 12.6. The van der Waals surface area contributed by atoms with Gasteiger partial charge in [0.15, 0.2) is 5.75 Å². The molecule has 0 radical (unpaired) electrons. The number of aryl methyl sites for hydroxylation is 1. The van der Waals surface area contributed by atoms with Crippen LogP contribution in [0.15, 0.2) is 47.6 Å². The van der Waals surface area contributed by atoms with Gasteiger partial charge in [-0.15, -0.1) is 0 Å². The van der Waals surface area contributed by atoms with E-state index in [9.17, 15) is 21.6 Å². The summed E-state index contributed by atoms with van der Waals surface area (Å²) in [5, 5.41) is 4.06. The summed E-state index contributed by atoms with van der Waals surface area (Å²) < 4.78 is 62.1. The number of alkyl halides is 3. The first-order chi connectivity index (χ1) is 12.0. The number of rotatable bonds is 5. The number of halogens is 4. The Bertz CT molecular complexity index is 944. The normalized spacial score (nSPS) is 12.8. The molecular weight excluding hydrogens is 393 g/mol. The highest BCUT2D eigenvalue weighted by Crippen LogP contribution is 2.29. The van der Waals surface area contributed by atoms with Gasteiger partial charge in [0.25, 0.3) is 0 Å². The third-order valence-electron chi connectivity index (χ3n) is 3.29. The molecule has 0 saturated heterocycles. The predicted octanol–water partition coefficient (Wildman–Crippen LogP) is 4.71. The SMILES string of the molecule is CC(=NOc1ccccc1C)c1cc(Cl)ccc1NS(=O)(=O)C(F)(F)F. The van der Waals surface area contributed by atoms with Gasteiger partial charge < -0.3 is 4.84 Å². The van der Waals surface area contributed by atoms with Crippen molar-refractivity contribution in [3.63, 3.8) is 0 Å². The van der Waals surface area contributed by atoms with Gasteiger partial charge in [0.05, 0.1) is 11.4 Å². The number of sulfonamides is 1. The lowest BCUT2D eigenvalue weighted by Gasteiger charge is -2.14. The summed E-state index contributed by atoms with van der Waals surface area (Å²) in [5.41, 5.74) is -4.78. The first-order valence-corrected chi connectivity index (χ1v) is 9.03. The van der Waals surface area contributed by atoms with Gasteiger partial charge >= 0.3 is 15.5 Å². The molecule has 0 saturated carbocycles. The van der Waals surface area contributed by atoms with Gasteiger partial charge in [-0.3, -0.25) is 4.72 Å². The molecule has 0 aliphatic heterocycles. The molecule has 0 aromatic heterocycles. The Kier molecular flexibility index (Phi) is 5.82. The van der Waals surface area contributed by atoms with E-state index in [0.717, 1.165) is 11.6 Å². The highest BCUT2D eigenvalue weighted by atomic mass is 35.5. The zero-order valence-corrected chi connectivity index (χ0v) is 15.2. The lowest BCUT2D eigenvalue weighted by Crippen LogP contribution is -2.30. The summed E-state index contributed by atoms with van der Waals surface area (Å²) in [6.45, 7) is 3.25. The van der Waals surface area contributed by atoms with Crippen molar-refractivity contribution >= 4 is 33.0 Å². The van der Waals surface area contributed by atoms with Crippen LogP contribution >= 0.6 is 11.6 Å².